The molecule has 1 nitrogen and oxygen atoms in total. The van der Waals surface area contributed by atoms with Crippen LogP contribution in [0.15, 0.2) is 38.4 Å². The minimum atomic E-state index is 0.118. The number of ether oxygens (including phenoxy) is 1. The van der Waals surface area contributed by atoms with E-state index in [1.807, 2.05) is 6.07 Å². The number of hydrogen-bond donors (Lipinski definition) is 0. The van der Waals surface area contributed by atoms with Crippen LogP contribution in [-0.2, 0) is 4.74 Å². The van der Waals surface area contributed by atoms with Crippen molar-refractivity contribution >= 4 is 38.5 Å². The van der Waals surface area contributed by atoms with Crippen molar-refractivity contribution in [2.45, 2.75) is 32.0 Å². The third-order valence-corrected chi connectivity index (χ3v) is 5.52. The third kappa shape index (κ3) is 2.51. The highest BCUT2D eigenvalue weighted by molar-refractivity contribution is 14.1. The first-order valence-electron chi connectivity index (χ1n) is 5.49. The molecule has 0 aromatic heterocycles. The quantitative estimate of drug-likeness (QED) is 0.660. The normalized spacial score (nSPS) is 25.2. The van der Waals surface area contributed by atoms with Gasteiger partial charge in [0.2, 0.25) is 0 Å². The Morgan fingerprint density at radius 1 is 1.31 bits per heavy atom. The van der Waals surface area contributed by atoms with E-state index in [9.17, 15) is 0 Å². The fourth-order valence-electron chi connectivity index (χ4n) is 1.87. The molecule has 0 radical (unpaired) electrons. The minimum absolute atomic E-state index is 0.118. The largest absolute Gasteiger partial charge is 0.360 e. The van der Waals surface area contributed by atoms with Gasteiger partial charge in [-0.1, -0.05) is 59.6 Å². The lowest BCUT2D eigenvalue weighted by molar-refractivity contribution is 0.0536. The Morgan fingerprint density at radius 3 is 2.62 bits per heavy atom. The van der Waals surface area contributed by atoms with Crippen LogP contribution in [0.1, 0.15) is 31.4 Å². The van der Waals surface area contributed by atoms with Gasteiger partial charge in [0.1, 0.15) is 6.10 Å². The van der Waals surface area contributed by atoms with Gasteiger partial charge in [-0.05, 0) is 34.6 Å². The molecule has 1 aliphatic rings. The van der Waals surface area contributed by atoms with Crippen LogP contribution in [0.4, 0.5) is 0 Å². The van der Waals surface area contributed by atoms with E-state index in [1.165, 1.54) is 13.6 Å². The van der Waals surface area contributed by atoms with Crippen molar-refractivity contribution in [2.75, 3.05) is 0 Å². The van der Waals surface area contributed by atoms with Crippen molar-refractivity contribution in [3.8, 4) is 0 Å². The summed E-state index contributed by atoms with van der Waals surface area (Å²) in [6, 6.07) is 10.4. The molecule has 1 aromatic rings. The molecule has 16 heavy (non-hydrogen) atoms. The molecule has 0 saturated heterocycles. The molecule has 0 amide bonds. The fourth-order valence-corrected chi connectivity index (χ4v) is 3.27. The highest BCUT2D eigenvalue weighted by Gasteiger charge is 2.32. The molecule has 0 bridgehead atoms. The number of rotatable bonds is 3. The summed E-state index contributed by atoms with van der Waals surface area (Å²) in [6.45, 7) is 2.19. The van der Waals surface area contributed by atoms with Crippen LogP contribution in [0.25, 0.3) is 0 Å². The van der Waals surface area contributed by atoms with Crippen LogP contribution in [-0.4, -0.2) is 6.10 Å². The van der Waals surface area contributed by atoms with E-state index >= 15 is 0 Å². The number of benzene rings is 1. The molecule has 86 valence electrons. The highest BCUT2D eigenvalue weighted by atomic mass is 127. The van der Waals surface area contributed by atoms with Crippen molar-refractivity contribution < 1.29 is 4.74 Å². The Hall–Kier alpha value is 0.130. The summed E-state index contributed by atoms with van der Waals surface area (Å²) in [5.41, 5.74) is 1.24. The topological polar surface area (TPSA) is 9.23 Å². The molecule has 1 aliphatic heterocycles. The molecule has 2 atom stereocenters. The van der Waals surface area contributed by atoms with Crippen LogP contribution < -0.4 is 0 Å². The van der Waals surface area contributed by atoms with Crippen molar-refractivity contribution in [2.24, 2.45) is 0 Å². The molecule has 1 heterocycles. The summed E-state index contributed by atoms with van der Waals surface area (Å²) >= 11 is 6.04. The van der Waals surface area contributed by atoms with Crippen LogP contribution in [0, 0.1) is 0 Å². The average Bonchev–Trinajstić information content (AvgIpc) is 2.59. The monoisotopic (exact) mass is 392 g/mol. The average molecular weight is 393 g/mol. The Balaban J connectivity index is 2.21. The summed E-state index contributed by atoms with van der Waals surface area (Å²) in [5, 5.41) is 0. The smallest absolute Gasteiger partial charge is 0.115 e. The van der Waals surface area contributed by atoms with Gasteiger partial charge < -0.3 is 4.74 Å². The molecule has 3 heteroatoms. The van der Waals surface area contributed by atoms with E-state index < -0.39 is 0 Å². The molecule has 1 aromatic carbocycles. The predicted molar refractivity (Wildman–Crippen MR) is 78.9 cm³/mol. The van der Waals surface area contributed by atoms with Crippen LogP contribution >= 0.6 is 38.5 Å². The number of halogens is 2. The fraction of sp³-hybridized carbons (Fsp3) is 0.385. The van der Waals surface area contributed by atoms with E-state index in [-0.39, 0.29) is 12.2 Å². The Morgan fingerprint density at radius 2 is 2.00 bits per heavy atom. The summed E-state index contributed by atoms with van der Waals surface area (Å²) in [6.07, 6.45) is 2.58. The lowest BCUT2D eigenvalue weighted by Crippen LogP contribution is -2.08. The van der Waals surface area contributed by atoms with Crippen molar-refractivity contribution in [1.82, 2.24) is 0 Å². The van der Waals surface area contributed by atoms with E-state index in [4.69, 9.17) is 4.74 Å². The SMILES string of the molecule is CCCC1OC(c2ccccc2)C(I)=C1Br. The van der Waals surface area contributed by atoms with Gasteiger partial charge in [0, 0.05) is 8.06 Å². The van der Waals surface area contributed by atoms with Gasteiger partial charge in [0.15, 0.2) is 0 Å². The second-order valence-corrected chi connectivity index (χ2v) is 5.92. The van der Waals surface area contributed by atoms with E-state index in [0.29, 0.717) is 0 Å². The number of hydrogen-bond acceptors (Lipinski definition) is 1. The van der Waals surface area contributed by atoms with Crippen LogP contribution in [0.2, 0.25) is 0 Å². The van der Waals surface area contributed by atoms with Gasteiger partial charge in [0.25, 0.3) is 0 Å². The van der Waals surface area contributed by atoms with Crippen LogP contribution in [0.3, 0.4) is 0 Å². The van der Waals surface area contributed by atoms with E-state index in [0.717, 1.165) is 12.8 Å². The molecule has 0 spiro atoms. The molecular weight excluding hydrogens is 379 g/mol. The standard InChI is InChI=1S/C13H14BrIO/c1-2-6-10-11(14)12(15)13(16-10)9-7-4-3-5-8-9/h3-5,7-8,10,13H,2,6H2,1H3. The maximum Gasteiger partial charge on any atom is 0.115 e. The van der Waals surface area contributed by atoms with Gasteiger partial charge in [-0.15, -0.1) is 0 Å². The predicted octanol–water partition coefficient (Wildman–Crippen LogP) is 4.97. The minimum Gasteiger partial charge on any atom is -0.360 e. The first-order valence-corrected chi connectivity index (χ1v) is 7.36. The van der Waals surface area contributed by atoms with Gasteiger partial charge in [0.05, 0.1) is 6.10 Å². The summed E-state index contributed by atoms with van der Waals surface area (Å²) in [5.74, 6) is 0. The lowest BCUT2D eigenvalue weighted by atomic mass is 10.1. The zero-order valence-corrected chi connectivity index (χ0v) is 12.9. The van der Waals surface area contributed by atoms with Gasteiger partial charge in [-0.2, -0.15) is 0 Å². The zero-order valence-electron chi connectivity index (χ0n) is 9.12. The molecule has 2 unspecified atom stereocenters. The van der Waals surface area contributed by atoms with Crippen molar-refractivity contribution in [3.63, 3.8) is 0 Å². The van der Waals surface area contributed by atoms with Crippen molar-refractivity contribution in [1.29, 1.82) is 0 Å². The highest BCUT2D eigenvalue weighted by Crippen LogP contribution is 2.45. The molecule has 0 fully saturated rings. The Bertz CT molecular complexity index is 388. The Labute approximate surface area is 119 Å². The van der Waals surface area contributed by atoms with Crippen LogP contribution in [0.5, 0.6) is 0 Å². The Kier molecular flexibility index (Phi) is 4.44. The molecule has 0 aliphatic carbocycles. The van der Waals surface area contributed by atoms with Gasteiger partial charge in [-0.3, -0.25) is 0 Å². The second-order valence-electron chi connectivity index (χ2n) is 3.90. The lowest BCUT2D eigenvalue weighted by Gasteiger charge is -2.15. The maximum atomic E-state index is 6.08. The maximum absolute atomic E-state index is 6.08. The summed E-state index contributed by atoms with van der Waals surface area (Å²) < 4.78 is 8.59. The van der Waals surface area contributed by atoms with E-state index in [2.05, 4.69) is 69.7 Å². The zero-order chi connectivity index (χ0) is 11.5. The van der Waals surface area contributed by atoms with Gasteiger partial charge >= 0.3 is 0 Å². The summed E-state index contributed by atoms with van der Waals surface area (Å²) in [4.78, 5) is 0. The van der Waals surface area contributed by atoms with Gasteiger partial charge in [-0.25, -0.2) is 0 Å². The molecule has 2 rings (SSSR count). The van der Waals surface area contributed by atoms with E-state index in [1.54, 1.807) is 0 Å². The molecular formula is C13H14BrIO. The summed E-state index contributed by atoms with van der Waals surface area (Å²) in [7, 11) is 0. The first kappa shape index (κ1) is 12.6. The second kappa shape index (κ2) is 5.65. The van der Waals surface area contributed by atoms with Crippen molar-refractivity contribution in [3.05, 3.63) is 44.0 Å². The molecule has 0 saturated carbocycles. The molecule has 0 N–H and O–H groups in total. The first-order chi connectivity index (χ1) is 7.74. The third-order valence-electron chi connectivity index (χ3n) is 2.69.